The number of rotatable bonds is 1. The van der Waals surface area contributed by atoms with Crippen molar-refractivity contribution < 1.29 is 4.79 Å². The maximum atomic E-state index is 12.0. The lowest BCUT2D eigenvalue weighted by molar-refractivity contribution is 0.103. The average Bonchev–Trinajstić information content (AvgIpc) is 2.34. The van der Waals surface area contributed by atoms with Gasteiger partial charge in [0.25, 0.3) is 0 Å². The van der Waals surface area contributed by atoms with Gasteiger partial charge in [-0.05, 0) is 12.0 Å². The molecule has 0 radical (unpaired) electrons. The Morgan fingerprint density at radius 3 is 2.69 bits per heavy atom. The smallest absolute Gasteiger partial charge is 0.203 e. The molecule has 2 rings (SSSR count). The lowest BCUT2D eigenvalue weighted by atomic mass is 9.71. The van der Waals surface area contributed by atoms with E-state index in [4.69, 9.17) is 5.26 Å². The Morgan fingerprint density at radius 2 is 2.06 bits per heavy atom. The van der Waals surface area contributed by atoms with Gasteiger partial charge < -0.3 is 0 Å². The first-order valence-electron chi connectivity index (χ1n) is 5.39. The maximum absolute atomic E-state index is 12.0. The molecule has 0 amide bonds. The number of Topliss-reactive ketones (excluding diaryl/α,β-unsaturated/α-hetero) is 1. The van der Waals surface area contributed by atoms with Crippen molar-refractivity contribution in [3.8, 4) is 6.07 Å². The Hall–Kier alpha value is -1.88. The molecule has 0 aliphatic heterocycles. The Balaban J connectivity index is 2.71. The van der Waals surface area contributed by atoms with E-state index in [-0.39, 0.29) is 16.8 Å². The third kappa shape index (κ3) is 1.37. The van der Waals surface area contributed by atoms with E-state index in [2.05, 4.69) is 13.8 Å². The number of hydrogen-bond donors (Lipinski definition) is 0. The molecule has 1 aliphatic rings. The SMILES string of the molecule is CCC1(C)C=C(C#N)C(=O)c2ccccc21. The van der Waals surface area contributed by atoms with Gasteiger partial charge in [-0.3, -0.25) is 4.79 Å². The van der Waals surface area contributed by atoms with Gasteiger partial charge in [-0.1, -0.05) is 44.2 Å². The summed E-state index contributed by atoms with van der Waals surface area (Å²) in [6.07, 6.45) is 2.68. The van der Waals surface area contributed by atoms with Gasteiger partial charge in [0.1, 0.15) is 6.07 Å². The molecule has 1 aliphatic carbocycles. The first-order chi connectivity index (χ1) is 7.62. The molecule has 1 aromatic carbocycles. The van der Waals surface area contributed by atoms with E-state index in [1.165, 1.54) is 0 Å². The van der Waals surface area contributed by atoms with E-state index in [1.54, 1.807) is 12.1 Å². The van der Waals surface area contributed by atoms with Crippen molar-refractivity contribution in [1.29, 1.82) is 5.26 Å². The number of ketones is 1. The van der Waals surface area contributed by atoms with E-state index < -0.39 is 0 Å². The fraction of sp³-hybridized carbons (Fsp3) is 0.286. The highest BCUT2D eigenvalue weighted by Crippen LogP contribution is 2.37. The summed E-state index contributed by atoms with van der Waals surface area (Å²) >= 11 is 0. The minimum atomic E-state index is -0.199. The summed E-state index contributed by atoms with van der Waals surface area (Å²) in [5.41, 5.74) is 1.77. The summed E-state index contributed by atoms with van der Waals surface area (Å²) in [6.45, 7) is 4.13. The highest BCUT2D eigenvalue weighted by Gasteiger charge is 2.33. The van der Waals surface area contributed by atoms with Crippen LogP contribution in [0.25, 0.3) is 0 Å². The molecule has 0 aromatic heterocycles. The van der Waals surface area contributed by atoms with Crippen LogP contribution in [-0.4, -0.2) is 5.78 Å². The van der Waals surface area contributed by atoms with Crippen LogP contribution in [0.15, 0.2) is 35.9 Å². The number of nitrogens with zero attached hydrogens (tertiary/aromatic N) is 1. The van der Waals surface area contributed by atoms with Crippen molar-refractivity contribution in [2.24, 2.45) is 0 Å². The van der Waals surface area contributed by atoms with Gasteiger partial charge >= 0.3 is 0 Å². The highest BCUT2D eigenvalue weighted by molar-refractivity contribution is 6.13. The number of fused-ring (bicyclic) bond motifs is 1. The van der Waals surface area contributed by atoms with E-state index >= 15 is 0 Å². The predicted molar refractivity (Wildman–Crippen MR) is 62.1 cm³/mol. The molecule has 0 saturated carbocycles. The molecule has 16 heavy (non-hydrogen) atoms. The third-order valence-electron chi connectivity index (χ3n) is 3.35. The zero-order valence-electron chi connectivity index (χ0n) is 9.45. The molecule has 80 valence electrons. The summed E-state index contributed by atoms with van der Waals surface area (Å²) in [6, 6.07) is 9.55. The third-order valence-corrected chi connectivity index (χ3v) is 3.35. The van der Waals surface area contributed by atoms with Gasteiger partial charge in [-0.25, -0.2) is 0 Å². The zero-order valence-corrected chi connectivity index (χ0v) is 9.45. The first-order valence-corrected chi connectivity index (χ1v) is 5.39. The van der Waals surface area contributed by atoms with Crippen LogP contribution >= 0.6 is 0 Å². The number of carbonyl (C=O) groups excluding carboxylic acids is 1. The molecule has 1 aromatic rings. The second-order valence-electron chi connectivity index (χ2n) is 4.32. The molecule has 0 saturated heterocycles. The normalized spacial score (nSPS) is 23.3. The van der Waals surface area contributed by atoms with Crippen molar-refractivity contribution in [3.63, 3.8) is 0 Å². The van der Waals surface area contributed by atoms with Gasteiger partial charge in [0.05, 0.1) is 5.57 Å². The van der Waals surface area contributed by atoms with E-state index in [9.17, 15) is 4.79 Å². The van der Waals surface area contributed by atoms with Crippen molar-refractivity contribution in [3.05, 3.63) is 47.0 Å². The molecule has 0 spiro atoms. The van der Waals surface area contributed by atoms with E-state index in [0.29, 0.717) is 5.56 Å². The number of nitriles is 1. The Morgan fingerprint density at radius 1 is 1.38 bits per heavy atom. The Labute approximate surface area is 95.2 Å². The predicted octanol–water partition coefficient (Wildman–Crippen LogP) is 3.00. The van der Waals surface area contributed by atoms with Gasteiger partial charge in [0.15, 0.2) is 0 Å². The zero-order chi connectivity index (χ0) is 11.8. The van der Waals surface area contributed by atoms with Crippen molar-refractivity contribution in [1.82, 2.24) is 0 Å². The molecule has 2 nitrogen and oxygen atoms in total. The van der Waals surface area contributed by atoms with Gasteiger partial charge in [0, 0.05) is 11.0 Å². The van der Waals surface area contributed by atoms with Crippen LogP contribution in [0, 0.1) is 11.3 Å². The van der Waals surface area contributed by atoms with Crippen LogP contribution in [0.1, 0.15) is 36.2 Å². The van der Waals surface area contributed by atoms with Crippen LogP contribution in [0.5, 0.6) is 0 Å². The molecular weight excluding hydrogens is 198 g/mol. The number of allylic oxidation sites excluding steroid dienone is 2. The van der Waals surface area contributed by atoms with Crippen LogP contribution in [0.3, 0.4) is 0 Å². The number of hydrogen-bond acceptors (Lipinski definition) is 2. The molecular formula is C14H13NO. The number of benzene rings is 1. The summed E-state index contributed by atoms with van der Waals surface area (Å²) in [4.78, 5) is 12.0. The molecule has 0 fully saturated rings. The van der Waals surface area contributed by atoms with Gasteiger partial charge in [-0.2, -0.15) is 5.26 Å². The van der Waals surface area contributed by atoms with Crippen LogP contribution in [0.2, 0.25) is 0 Å². The summed E-state index contributed by atoms with van der Waals surface area (Å²) in [7, 11) is 0. The topological polar surface area (TPSA) is 40.9 Å². The maximum Gasteiger partial charge on any atom is 0.203 e. The van der Waals surface area contributed by atoms with Crippen molar-refractivity contribution in [2.75, 3.05) is 0 Å². The quantitative estimate of drug-likeness (QED) is 0.716. The Kier molecular flexibility index (Phi) is 2.40. The summed E-state index contributed by atoms with van der Waals surface area (Å²) in [5.74, 6) is -0.149. The fourth-order valence-electron chi connectivity index (χ4n) is 2.16. The molecule has 0 bridgehead atoms. The van der Waals surface area contributed by atoms with Gasteiger partial charge in [0.2, 0.25) is 5.78 Å². The largest absolute Gasteiger partial charge is 0.288 e. The number of carbonyl (C=O) groups is 1. The Bertz CT molecular complexity index is 522. The van der Waals surface area contributed by atoms with E-state index in [1.807, 2.05) is 24.3 Å². The summed E-state index contributed by atoms with van der Waals surface area (Å²) in [5, 5.41) is 8.98. The summed E-state index contributed by atoms with van der Waals surface area (Å²) < 4.78 is 0. The van der Waals surface area contributed by atoms with Crippen LogP contribution in [-0.2, 0) is 5.41 Å². The standard InChI is InChI=1S/C14H13NO/c1-3-14(2)8-10(9-15)13(16)11-6-4-5-7-12(11)14/h4-8H,3H2,1-2H3. The molecule has 0 heterocycles. The fourth-order valence-corrected chi connectivity index (χ4v) is 2.16. The lowest BCUT2D eigenvalue weighted by Crippen LogP contribution is -2.27. The minimum Gasteiger partial charge on any atom is -0.288 e. The van der Waals surface area contributed by atoms with Crippen LogP contribution in [0.4, 0.5) is 0 Å². The molecule has 1 atom stereocenters. The molecule has 2 heteroatoms. The average molecular weight is 211 g/mol. The second kappa shape index (κ2) is 3.61. The highest BCUT2D eigenvalue weighted by atomic mass is 16.1. The molecule has 1 unspecified atom stereocenters. The van der Waals surface area contributed by atoms with Crippen molar-refractivity contribution in [2.45, 2.75) is 25.7 Å². The van der Waals surface area contributed by atoms with Gasteiger partial charge in [-0.15, -0.1) is 0 Å². The first kappa shape index (κ1) is 10.6. The monoisotopic (exact) mass is 211 g/mol. The second-order valence-corrected chi connectivity index (χ2v) is 4.32. The van der Waals surface area contributed by atoms with E-state index in [0.717, 1.165) is 12.0 Å². The molecule has 0 N–H and O–H groups in total. The van der Waals surface area contributed by atoms with Crippen LogP contribution < -0.4 is 0 Å². The lowest BCUT2D eigenvalue weighted by Gasteiger charge is -2.30. The minimum absolute atomic E-state index is 0.149. The van der Waals surface area contributed by atoms with Crippen molar-refractivity contribution >= 4 is 5.78 Å².